The van der Waals surface area contributed by atoms with Gasteiger partial charge < -0.3 is 4.90 Å². The maximum atomic E-state index is 2.49. The number of nitrogens with zero attached hydrogens (tertiary/aromatic N) is 1. The lowest BCUT2D eigenvalue weighted by Crippen LogP contribution is -2.15. The third kappa shape index (κ3) is 5.68. The molecule has 8 aromatic carbocycles. The van der Waals surface area contributed by atoms with E-state index in [1.807, 2.05) is 0 Å². The van der Waals surface area contributed by atoms with Gasteiger partial charge in [0.15, 0.2) is 0 Å². The summed E-state index contributed by atoms with van der Waals surface area (Å²) in [5.41, 5.74) is 13.5. The smallest absolute Gasteiger partial charge is 0.0462 e. The summed E-state index contributed by atoms with van der Waals surface area (Å²) in [7, 11) is 0. The van der Waals surface area contributed by atoms with Crippen LogP contribution in [-0.4, -0.2) is 0 Å². The highest BCUT2D eigenvalue weighted by Crippen LogP contribution is 2.45. The molecule has 0 N–H and O–H groups in total. The van der Waals surface area contributed by atoms with Crippen molar-refractivity contribution in [2.75, 3.05) is 4.90 Å². The molecule has 2 aliphatic rings. The van der Waals surface area contributed by atoms with E-state index in [-0.39, 0.29) is 0 Å². The second-order valence-electron chi connectivity index (χ2n) is 14.1. The van der Waals surface area contributed by atoms with Gasteiger partial charge >= 0.3 is 0 Å². The van der Waals surface area contributed by atoms with Crippen molar-refractivity contribution in [3.05, 3.63) is 223 Å². The molecule has 1 heteroatoms. The first-order valence-corrected chi connectivity index (χ1v) is 18.5. The lowest BCUT2D eigenvalue weighted by molar-refractivity contribution is 0.700. The van der Waals surface area contributed by atoms with E-state index in [2.05, 4.69) is 217 Å². The normalized spacial score (nSPS) is 15.9. The fourth-order valence-corrected chi connectivity index (χ4v) is 8.34. The molecule has 10 rings (SSSR count). The molecule has 0 heterocycles. The highest BCUT2D eigenvalue weighted by molar-refractivity contribution is 5.97. The molecule has 0 amide bonds. The average Bonchev–Trinajstić information content (AvgIpc) is 3.24. The average molecular weight is 676 g/mol. The summed E-state index contributed by atoms with van der Waals surface area (Å²) < 4.78 is 0. The van der Waals surface area contributed by atoms with Crippen LogP contribution in [0.5, 0.6) is 0 Å². The Kier molecular flexibility index (Phi) is 7.69. The van der Waals surface area contributed by atoms with E-state index < -0.39 is 0 Å². The van der Waals surface area contributed by atoms with Gasteiger partial charge in [-0.3, -0.25) is 0 Å². The number of rotatable bonds is 6. The number of allylic oxidation sites excluding steroid dienone is 5. The molecular formula is C52H37N. The van der Waals surface area contributed by atoms with Gasteiger partial charge in [-0.1, -0.05) is 176 Å². The van der Waals surface area contributed by atoms with Crippen molar-refractivity contribution >= 4 is 50.3 Å². The van der Waals surface area contributed by atoms with Crippen LogP contribution in [-0.2, 0) is 0 Å². The number of hydrogen-bond donors (Lipinski definition) is 0. The van der Waals surface area contributed by atoms with Gasteiger partial charge in [-0.05, 0) is 102 Å². The molecular weight excluding hydrogens is 639 g/mol. The van der Waals surface area contributed by atoms with Crippen LogP contribution in [0.15, 0.2) is 206 Å². The fraction of sp³-hybridized carbons (Fsp3) is 0.0385. The first-order chi connectivity index (χ1) is 26.3. The molecule has 0 saturated carbocycles. The Bertz CT molecular complexity index is 2690. The summed E-state index contributed by atoms with van der Waals surface area (Å²) >= 11 is 0. The SMILES string of the molecule is C1=CC2C=Cc3ccc4ccccc4c3C2C=C1c1ccc(N(c2ccc(-c3ccccc3)cc2)c2ccc(-c3cccc4ccccc34)cc2)cc1. The monoisotopic (exact) mass is 675 g/mol. The van der Waals surface area contributed by atoms with Gasteiger partial charge in [0.05, 0.1) is 0 Å². The summed E-state index contributed by atoms with van der Waals surface area (Å²) in [6, 6.07) is 66.1. The summed E-state index contributed by atoms with van der Waals surface area (Å²) in [5.74, 6) is 0.670. The van der Waals surface area contributed by atoms with Crippen molar-refractivity contribution in [3.63, 3.8) is 0 Å². The number of fused-ring (bicyclic) bond motifs is 6. The van der Waals surface area contributed by atoms with Crippen molar-refractivity contribution in [1.29, 1.82) is 0 Å². The molecule has 53 heavy (non-hydrogen) atoms. The molecule has 0 fully saturated rings. The van der Waals surface area contributed by atoms with Crippen LogP contribution in [0, 0.1) is 5.92 Å². The minimum absolute atomic E-state index is 0.306. The molecule has 8 aromatic rings. The zero-order valence-electron chi connectivity index (χ0n) is 29.3. The van der Waals surface area contributed by atoms with Gasteiger partial charge in [0, 0.05) is 28.9 Å². The highest BCUT2D eigenvalue weighted by atomic mass is 15.1. The van der Waals surface area contributed by atoms with Gasteiger partial charge in [-0.2, -0.15) is 0 Å². The molecule has 0 aromatic heterocycles. The summed E-state index contributed by atoms with van der Waals surface area (Å²) in [6.45, 7) is 0. The Balaban J connectivity index is 1.02. The van der Waals surface area contributed by atoms with Crippen molar-refractivity contribution in [1.82, 2.24) is 0 Å². The Hall–Kier alpha value is -6.70. The topological polar surface area (TPSA) is 3.24 Å². The predicted octanol–water partition coefficient (Wildman–Crippen LogP) is 14.2. The zero-order chi connectivity index (χ0) is 35.1. The lowest BCUT2D eigenvalue weighted by Gasteiger charge is -2.30. The Morgan fingerprint density at radius 2 is 0.925 bits per heavy atom. The maximum absolute atomic E-state index is 2.49. The summed E-state index contributed by atoms with van der Waals surface area (Å²) in [6.07, 6.45) is 11.8. The highest BCUT2D eigenvalue weighted by Gasteiger charge is 2.27. The summed E-state index contributed by atoms with van der Waals surface area (Å²) in [4.78, 5) is 2.36. The fourth-order valence-electron chi connectivity index (χ4n) is 8.34. The molecule has 0 spiro atoms. The van der Waals surface area contributed by atoms with Gasteiger partial charge in [-0.25, -0.2) is 0 Å². The standard InChI is InChI=1S/C52H37N/c1-2-9-36(10-3-1)37-23-29-45(30-24-37)53(47-33-27-41(28-34-47)49-16-8-13-39-11-4-6-14-48(39)49)46-31-25-38(26-32-46)44-22-19-42-18-21-43-20-17-40-12-5-7-15-50(40)52(43)51(42)35-44/h1-35,42,51H. The third-order valence-electron chi connectivity index (χ3n) is 11.0. The van der Waals surface area contributed by atoms with Crippen LogP contribution in [0.3, 0.4) is 0 Å². The first kappa shape index (κ1) is 31.1. The van der Waals surface area contributed by atoms with Crippen molar-refractivity contribution in [2.45, 2.75) is 5.92 Å². The molecule has 1 nitrogen and oxygen atoms in total. The molecule has 2 aliphatic carbocycles. The molecule has 0 radical (unpaired) electrons. The Morgan fingerprint density at radius 1 is 0.377 bits per heavy atom. The maximum Gasteiger partial charge on any atom is 0.0462 e. The van der Waals surface area contributed by atoms with E-state index in [0.717, 1.165) is 17.1 Å². The minimum atomic E-state index is 0.306. The van der Waals surface area contributed by atoms with E-state index in [0.29, 0.717) is 11.8 Å². The first-order valence-electron chi connectivity index (χ1n) is 18.5. The van der Waals surface area contributed by atoms with Crippen molar-refractivity contribution < 1.29 is 0 Å². The van der Waals surface area contributed by atoms with E-state index in [1.165, 1.54) is 66.1 Å². The molecule has 250 valence electrons. The largest absolute Gasteiger partial charge is 0.311 e. The zero-order valence-corrected chi connectivity index (χ0v) is 29.3. The van der Waals surface area contributed by atoms with Gasteiger partial charge in [0.2, 0.25) is 0 Å². The molecule has 2 atom stereocenters. The second kappa shape index (κ2) is 13.1. The van der Waals surface area contributed by atoms with E-state index in [9.17, 15) is 0 Å². The molecule has 2 unspecified atom stereocenters. The van der Waals surface area contributed by atoms with E-state index >= 15 is 0 Å². The predicted molar refractivity (Wildman–Crippen MR) is 226 cm³/mol. The van der Waals surface area contributed by atoms with Crippen LogP contribution in [0.4, 0.5) is 17.1 Å². The number of anilines is 3. The number of benzene rings is 8. The molecule has 0 aliphatic heterocycles. The summed E-state index contributed by atoms with van der Waals surface area (Å²) in [5, 5.41) is 5.18. The number of hydrogen-bond acceptors (Lipinski definition) is 1. The van der Waals surface area contributed by atoms with Gasteiger partial charge in [-0.15, -0.1) is 0 Å². The van der Waals surface area contributed by atoms with Crippen LogP contribution >= 0.6 is 0 Å². The van der Waals surface area contributed by atoms with E-state index in [4.69, 9.17) is 0 Å². The second-order valence-corrected chi connectivity index (χ2v) is 14.1. The van der Waals surface area contributed by atoms with Gasteiger partial charge in [0.1, 0.15) is 0 Å². The molecule has 0 saturated heterocycles. The quantitative estimate of drug-likeness (QED) is 0.170. The van der Waals surface area contributed by atoms with Crippen molar-refractivity contribution in [2.24, 2.45) is 5.92 Å². The van der Waals surface area contributed by atoms with Crippen LogP contribution in [0.2, 0.25) is 0 Å². The molecule has 0 bridgehead atoms. The third-order valence-corrected chi connectivity index (χ3v) is 11.0. The van der Waals surface area contributed by atoms with Crippen LogP contribution in [0.1, 0.15) is 22.6 Å². The van der Waals surface area contributed by atoms with E-state index in [1.54, 1.807) is 0 Å². The minimum Gasteiger partial charge on any atom is -0.311 e. The van der Waals surface area contributed by atoms with Crippen LogP contribution < -0.4 is 4.90 Å². The van der Waals surface area contributed by atoms with Crippen LogP contribution in [0.25, 0.3) is 55.4 Å². The van der Waals surface area contributed by atoms with Crippen molar-refractivity contribution in [3.8, 4) is 22.3 Å². The lowest BCUT2D eigenvalue weighted by atomic mass is 9.73. The van der Waals surface area contributed by atoms with Gasteiger partial charge in [0.25, 0.3) is 0 Å². The Labute approximate surface area is 311 Å². The Morgan fingerprint density at radius 3 is 1.64 bits per heavy atom.